The van der Waals surface area contributed by atoms with Crippen molar-refractivity contribution in [1.82, 2.24) is 0 Å². The molecule has 4 N–H and O–H groups in total. The molecule has 32 heavy (non-hydrogen) atoms. The van der Waals surface area contributed by atoms with Gasteiger partial charge in [-0.1, -0.05) is 43.3 Å². The summed E-state index contributed by atoms with van der Waals surface area (Å²) in [6, 6.07) is 18.2. The second-order valence-electron chi connectivity index (χ2n) is 7.45. The van der Waals surface area contributed by atoms with Crippen molar-refractivity contribution >= 4 is 35.1 Å². The van der Waals surface area contributed by atoms with Crippen LogP contribution in [0.2, 0.25) is 0 Å². The first-order chi connectivity index (χ1) is 15.3. The number of hydrogen-bond acceptors (Lipinski definition) is 3. The molecule has 0 aliphatic carbocycles. The Balaban J connectivity index is 2.25. The number of anilines is 1. The van der Waals surface area contributed by atoms with Gasteiger partial charge in [0, 0.05) is 23.5 Å². The number of carboxylic acid groups (broad SMARTS) is 1. The quantitative estimate of drug-likeness (QED) is 0.182. The van der Waals surface area contributed by atoms with Crippen molar-refractivity contribution in [3.05, 3.63) is 106 Å². The van der Waals surface area contributed by atoms with Gasteiger partial charge in [0.1, 0.15) is 5.82 Å². The SMILES string of the molecule is CC/C(=C(/c1ccc(/C=C/C(=O)O)cc1)c1ccc(N)c(C=N)c1)c1ccc(F)c(C)c1. The van der Waals surface area contributed by atoms with Crippen LogP contribution in [-0.4, -0.2) is 17.3 Å². The summed E-state index contributed by atoms with van der Waals surface area (Å²) in [5, 5.41) is 16.5. The number of carbonyl (C=O) groups is 1. The molecule has 0 bridgehead atoms. The number of halogens is 1. The van der Waals surface area contributed by atoms with Gasteiger partial charge < -0.3 is 16.2 Å². The maximum Gasteiger partial charge on any atom is 0.328 e. The van der Waals surface area contributed by atoms with Crippen molar-refractivity contribution < 1.29 is 14.3 Å². The average Bonchev–Trinajstić information content (AvgIpc) is 2.79. The molecular weight excluding hydrogens is 403 g/mol. The second kappa shape index (κ2) is 9.88. The van der Waals surface area contributed by atoms with Gasteiger partial charge in [-0.25, -0.2) is 9.18 Å². The number of nitrogens with one attached hydrogen (secondary N) is 1. The number of benzene rings is 3. The van der Waals surface area contributed by atoms with E-state index in [0.717, 1.165) is 39.5 Å². The first-order valence-corrected chi connectivity index (χ1v) is 10.3. The topological polar surface area (TPSA) is 87.2 Å². The third-order valence-corrected chi connectivity index (χ3v) is 5.31. The summed E-state index contributed by atoms with van der Waals surface area (Å²) in [6.07, 6.45) is 4.56. The van der Waals surface area contributed by atoms with Gasteiger partial charge >= 0.3 is 5.97 Å². The van der Waals surface area contributed by atoms with E-state index in [4.69, 9.17) is 16.2 Å². The summed E-state index contributed by atoms with van der Waals surface area (Å²) in [4.78, 5) is 10.8. The van der Waals surface area contributed by atoms with E-state index in [2.05, 4.69) is 0 Å². The van der Waals surface area contributed by atoms with Crippen LogP contribution in [0.4, 0.5) is 10.1 Å². The fraction of sp³-hybridized carbons (Fsp3) is 0.111. The molecule has 0 fully saturated rings. The van der Waals surface area contributed by atoms with E-state index in [0.29, 0.717) is 23.2 Å². The van der Waals surface area contributed by atoms with E-state index in [9.17, 15) is 9.18 Å². The molecule has 0 heterocycles. The predicted molar refractivity (Wildman–Crippen MR) is 129 cm³/mol. The fourth-order valence-electron chi connectivity index (χ4n) is 3.66. The zero-order valence-corrected chi connectivity index (χ0v) is 18.0. The van der Waals surface area contributed by atoms with Gasteiger partial charge in [0.15, 0.2) is 0 Å². The average molecular weight is 429 g/mol. The van der Waals surface area contributed by atoms with Crippen molar-refractivity contribution in [3.8, 4) is 0 Å². The van der Waals surface area contributed by atoms with Crippen LogP contribution in [-0.2, 0) is 4.79 Å². The molecule has 0 saturated heterocycles. The predicted octanol–water partition coefficient (Wildman–Crippen LogP) is 6.18. The first-order valence-electron chi connectivity index (χ1n) is 10.3. The van der Waals surface area contributed by atoms with E-state index in [1.54, 1.807) is 19.1 Å². The fourth-order valence-corrected chi connectivity index (χ4v) is 3.66. The number of aryl methyl sites for hydroxylation is 1. The van der Waals surface area contributed by atoms with Gasteiger partial charge in [-0.05, 0) is 82.6 Å². The number of rotatable bonds is 7. The summed E-state index contributed by atoms with van der Waals surface area (Å²) in [5.74, 6) is -1.26. The van der Waals surface area contributed by atoms with Crippen molar-refractivity contribution in [2.75, 3.05) is 5.73 Å². The molecule has 0 aliphatic rings. The van der Waals surface area contributed by atoms with Crippen LogP contribution in [0.3, 0.4) is 0 Å². The Labute approximate surface area is 187 Å². The largest absolute Gasteiger partial charge is 0.478 e. The van der Waals surface area contributed by atoms with Crippen LogP contribution >= 0.6 is 0 Å². The molecule has 3 aromatic rings. The molecule has 3 aromatic carbocycles. The van der Waals surface area contributed by atoms with Gasteiger partial charge in [0.25, 0.3) is 0 Å². The van der Waals surface area contributed by atoms with Gasteiger partial charge in [0.05, 0.1) is 0 Å². The molecule has 3 rings (SSSR count). The lowest BCUT2D eigenvalue weighted by Crippen LogP contribution is -1.99. The summed E-state index contributed by atoms with van der Waals surface area (Å²) < 4.78 is 13.9. The molecule has 0 aromatic heterocycles. The van der Waals surface area contributed by atoms with Gasteiger partial charge in [0.2, 0.25) is 0 Å². The zero-order chi connectivity index (χ0) is 23.3. The highest BCUT2D eigenvalue weighted by molar-refractivity contribution is 6.00. The smallest absolute Gasteiger partial charge is 0.328 e. The molecular formula is C27H25FN2O2. The van der Waals surface area contributed by atoms with Crippen molar-refractivity contribution in [1.29, 1.82) is 5.41 Å². The lowest BCUT2D eigenvalue weighted by molar-refractivity contribution is -0.131. The van der Waals surface area contributed by atoms with Gasteiger partial charge in [-0.15, -0.1) is 0 Å². The number of nitrogen functional groups attached to an aromatic ring is 1. The molecule has 0 unspecified atom stereocenters. The highest BCUT2D eigenvalue weighted by Gasteiger charge is 2.15. The molecule has 0 amide bonds. The van der Waals surface area contributed by atoms with Crippen LogP contribution in [0.15, 0.2) is 66.7 Å². The lowest BCUT2D eigenvalue weighted by Gasteiger charge is -2.18. The minimum absolute atomic E-state index is 0.251. The molecule has 4 nitrogen and oxygen atoms in total. The standard InChI is InChI=1S/C27H25FN2O2/c1-3-23(20-9-11-24(28)17(2)14-20)27(21-10-12-25(30)22(15-21)16-29)19-7-4-18(5-8-19)6-13-26(31)32/h4-16,29H,3,30H2,1-2H3,(H,31,32)/b13-6+,27-23+,29-16?. The van der Waals surface area contributed by atoms with E-state index in [1.165, 1.54) is 18.4 Å². The van der Waals surface area contributed by atoms with Crippen LogP contribution in [0, 0.1) is 18.2 Å². The zero-order valence-electron chi connectivity index (χ0n) is 18.0. The molecule has 5 heteroatoms. The third kappa shape index (κ3) is 5.01. The number of allylic oxidation sites excluding steroid dienone is 1. The normalized spacial score (nSPS) is 12.0. The minimum atomic E-state index is -1.00. The number of aliphatic carboxylic acids is 1. The van der Waals surface area contributed by atoms with Crippen molar-refractivity contribution in [3.63, 3.8) is 0 Å². The number of carboxylic acids is 1. The lowest BCUT2D eigenvalue weighted by atomic mass is 9.86. The third-order valence-electron chi connectivity index (χ3n) is 5.31. The Bertz CT molecular complexity index is 1220. The monoisotopic (exact) mass is 428 g/mol. The Morgan fingerprint density at radius 3 is 2.28 bits per heavy atom. The minimum Gasteiger partial charge on any atom is -0.478 e. The summed E-state index contributed by atoms with van der Waals surface area (Å²) >= 11 is 0. The molecule has 0 spiro atoms. The maximum atomic E-state index is 13.9. The Morgan fingerprint density at radius 2 is 1.69 bits per heavy atom. The van der Waals surface area contributed by atoms with Crippen LogP contribution in [0.1, 0.15) is 46.7 Å². The highest BCUT2D eigenvalue weighted by atomic mass is 19.1. The van der Waals surface area contributed by atoms with Gasteiger partial charge in [-0.2, -0.15) is 0 Å². The first kappa shape index (κ1) is 22.7. The molecule has 0 aliphatic heterocycles. The van der Waals surface area contributed by atoms with Crippen LogP contribution in [0.25, 0.3) is 17.2 Å². The Kier molecular flexibility index (Phi) is 7.00. The number of nitrogens with two attached hydrogens (primary N) is 1. The molecule has 0 atom stereocenters. The van der Waals surface area contributed by atoms with Crippen LogP contribution in [0.5, 0.6) is 0 Å². The molecule has 0 radical (unpaired) electrons. The maximum absolute atomic E-state index is 13.9. The van der Waals surface area contributed by atoms with E-state index < -0.39 is 5.97 Å². The number of hydrogen-bond donors (Lipinski definition) is 3. The summed E-state index contributed by atoms with van der Waals surface area (Å²) in [6.45, 7) is 3.79. The highest BCUT2D eigenvalue weighted by Crippen LogP contribution is 2.36. The summed E-state index contributed by atoms with van der Waals surface area (Å²) in [5.41, 5.74) is 13.2. The van der Waals surface area contributed by atoms with E-state index >= 15 is 0 Å². The molecule has 0 saturated carbocycles. The Hall–Kier alpha value is -3.99. The van der Waals surface area contributed by atoms with Gasteiger partial charge in [-0.3, -0.25) is 0 Å². The Morgan fingerprint density at radius 1 is 1.03 bits per heavy atom. The van der Waals surface area contributed by atoms with Crippen molar-refractivity contribution in [2.24, 2.45) is 0 Å². The molecule has 162 valence electrons. The van der Waals surface area contributed by atoms with Crippen LogP contribution < -0.4 is 5.73 Å². The van der Waals surface area contributed by atoms with E-state index in [1.807, 2.05) is 49.4 Å². The van der Waals surface area contributed by atoms with E-state index in [-0.39, 0.29) is 5.82 Å². The second-order valence-corrected chi connectivity index (χ2v) is 7.45. The summed E-state index contributed by atoms with van der Waals surface area (Å²) in [7, 11) is 0. The van der Waals surface area contributed by atoms with Crippen molar-refractivity contribution in [2.45, 2.75) is 20.3 Å².